The highest BCUT2D eigenvalue weighted by molar-refractivity contribution is 5.28. The van der Waals surface area contributed by atoms with Crippen LogP contribution in [0.2, 0.25) is 0 Å². The molecular formula is C21H30N2O4. The summed E-state index contributed by atoms with van der Waals surface area (Å²) in [5.74, 6) is 2.71. The van der Waals surface area contributed by atoms with E-state index in [0.717, 1.165) is 56.4 Å². The van der Waals surface area contributed by atoms with Crippen molar-refractivity contribution in [2.24, 2.45) is 0 Å². The van der Waals surface area contributed by atoms with Gasteiger partial charge in [-0.3, -0.25) is 9.80 Å². The summed E-state index contributed by atoms with van der Waals surface area (Å²) in [6.07, 6.45) is 0.771. The standard InChI is InChI=1S/C21H30N2O4/c1-25-16-21-7-6-20(27-21)15-22-9-10-23(18(14-22)8-11-24)13-17-4-3-5-19(12-17)26-2/h3-7,12,18,24H,8-11,13-16H2,1-2H3. The lowest BCUT2D eigenvalue weighted by atomic mass is 10.1. The first-order valence-electron chi connectivity index (χ1n) is 9.48. The van der Waals surface area contributed by atoms with Crippen molar-refractivity contribution in [2.75, 3.05) is 40.5 Å². The molecule has 2 heterocycles. The Labute approximate surface area is 161 Å². The van der Waals surface area contributed by atoms with Gasteiger partial charge in [0, 0.05) is 45.9 Å². The second kappa shape index (κ2) is 9.90. The highest BCUT2D eigenvalue weighted by Crippen LogP contribution is 2.21. The molecule has 0 saturated carbocycles. The van der Waals surface area contributed by atoms with Crippen LogP contribution in [0.1, 0.15) is 23.5 Å². The van der Waals surface area contributed by atoms with Crippen molar-refractivity contribution in [3.63, 3.8) is 0 Å². The molecule has 0 spiro atoms. The summed E-state index contributed by atoms with van der Waals surface area (Å²) in [6, 6.07) is 12.5. The van der Waals surface area contributed by atoms with E-state index in [1.54, 1.807) is 14.2 Å². The third-order valence-corrected chi connectivity index (χ3v) is 5.05. The van der Waals surface area contributed by atoms with E-state index in [1.165, 1.54) is 5.56 Å². The predicted molar refractivity (Wildman–Crippen MR) is 104 cm³/mol. The Kier molecular flexibility index (Phi) is 7.29. The van der Waals surface area contributed by atoms with Crippen molar-refractivity contribution >= 4 is 0 Å². The zero-order valence-electron chi connectivity index (χ0n) is 16.3. The molecule has 1 aliphatic rings. The molecule has 1 aliphatic heterocycles. The fourth-order valence-electron chi connectivity index (χ4n) is 3.68. The number of rotatable bonds is 9. The van der Waals surface area contributed by atoms with Gasteiger partial charge in [-0.2, -0.15) is 0 Å². The third-order valence-electron chi connectivity index (χ3n) is 5.05. The molecule has 6 heteroatoms. The Balaban J connectivity index is 1.60. The topological polar surface area (TPSA) is 58.3 Å². The SMILES string of the molecule is COCc1ccc(CN2CCN(Cc3cccc(OC)c3)C(CCO)C2)o1. The van der Waals surface area contributed by atoms with E-state index in [9.17, 15) is 5.11 Å². The molecule has 6 nitrogen and oxygen atoms in total. The summed E-state index contributed by atoms with van der Waals surface area (Å²) in [5.41, 5.74) is 1.24. The number of methoxy groups -OCH3 is 2. The van der Waals surface area contributed by atoms with Crippen LogP contribution in [0.4, 0.5) is 0 Å². The van der Waals surface area contributed by atoms with Crippen LogP contribution < -0.4 is 4.74 Å². The zero-order valence-corrected chi connectivity index (χ0v) is 16.3. The Morgan fingerprint density at radius 3 is 2.74 bits per heavy atom. The summed E-state index contributed by atoms with van der Waals surface area (Å²) in [5, 5.41) is 9.53. The summed E-state index contributed by atoms with van der Waals surface area (Å²) >= 11 is 0. The molecule has 1 saturated heterocycles. The van der Waals surface area contributed by atoms with Gasteiger partial charge in [0.05, 0.1) is 13.7 Å². The van der Waals surface area contributed by atoms with Crippen LogP contribution in [0, 0.1) is 0 Å². The number of hydrogen-bond donors (Lipinski definition) is 1. The molecular weight excluding hydrogens is 344 g/mol. The van der Waals surface area contributed by atoms with Crippen LogP contribution in [-0.4, -0.2) is 61.4 Å². The van der Waals surface area contributed by atoms with Crippen LogP contribution in [0.5, 0.6) is 5.75 Å². The summed E-state index contributed by atoms with van der Waals surface area (Å²) in [4.78, 5) is 4.86. The number of furan rings is 1. The first-order chi connectivity index (χ1) is 13.2. The minimum absolute atomic E-state index is 0.200. The maximum Gasteiger partial charge on any atom is 0.129 e. The number of hydrogen-bond acceptors (Lipinski definition) is 6. The number of aliphatic hydroxyl groups is 1. The highest BCUT2D eigenvalue weighted by atomic mass is 16.5. The monoisotopic (exact) mass is 374 g/mol. The van der Waals surface area contributed by atoms with E-state index >= 15 is 0 Å². The zero-order chi connectivity index (χ0) is 19.1. The molecule has 27 heavy (non-hydrogen) atoms. The Morgan fingerprint density at radius 1 is 1.11 bits per heavy atom. The van der Waals surface area contributed by atoms with Crippen LogP contribution in [0.25, 0.3) is 0 Å². The van der Waals surface area contributed by atoms with E-state index in [1.807, 2.05) is 24.3 Å². The van der Waals surface area contributed by atoms with Crippen molar-refractivity contribution in [3.05, 3.63) is 53.5 Å². The van der Waals surface area contributed by atoms with Gasteiger partial charge in [-0.1, -0.05) is 12.1 Å². The fraction of sp³-hybridized carbons (Fsp3) is 0.524. The average Bonchev–Trinajstić information content (AvgIpc) is 3.11. The molecule has 0 radical (unpaired) electrons. The molecule has 0 aliphatic carbocycles. The van der Waals surface area contributed by atoms with Crippen LogP contribution in [-0.2, 0) is 24.4 Å². The smallest absolute Gasteiger partial charge is 0.129 e. The van der Waals surface area contributed by atoms with Crippen LogP contribution in [0.15, 0.2) is 40.8 Å². The predicted octanol–water partition coefficient (Wildman–Crippen LogP) is 2.50. The molecule has 1 aromatic heterocycles. The van der Waals surface area contributed by atoms with Crippen molar-refractivity contribution in [2.45, 2.75) is 32.2 Å². The molecule has 0 amide bonds. The molecule has 1 atom stereocenters. The average molecular weight is 374 g/mol. The number of aliphatic hydroxyl groups excluding tert-OH is 1. The lowest BCUT2D eigenvalue weighted by Crippen LogP contribution is -2.52. The van der Waals surface area contributed by atoms with Crippen molar-refractivity contribution in [1.29, 1.82) is 0 Å². The first-order valence-corrected chi connectivity index (χ1v) is 9.48. The van der Waals surface area contributed by atoms with E-state index in [0.29, 0.717) is 12.6 Å². The summed E-state index contributed by atoms with van der Waals surface area (Å²) in [6.45, 7) is 5.23. The molecule has 1 fully saturated rings. The van der Waals surface area contributed by atoms with Gasteiger partial charge in [0.25, 0.3) is 0 Å². The largest absolute Gasteiger partial charge is 0.497 e. The first kappa shape index (κ1) is 19.9. The lowest BCUT2D eigenvalue weighted by molar-refractivity contribution is 0.0462. The molecule has 1 unspecified atom stereocenters. The number of piperazine rings is 1. The highest BCUT2D eigenvalue weighted by Gasteiger charge is 2.27. The minimum Gasteiger partial charge on any atom is -0.497 e. The third kappa shape index (κ3) is 5.56. The van der Waals surface area contributed by atoms with E-state index in [4.69, 9.17) is 13.9 Å². The van der Waals surface area contributed by atoms with E-state index in [-0.39, 0.29) is 6.61 Å². The number of nitrogens with zero attached hydrogens (tertiary/aromatic N) is 2. The van der Waals surface area contributed by atoms with Crippen LogP contribution >= 0.6 is 0 Å². The van der Waals surface area contributed by atoms with Gasteiger partial charge in [0.15, 0.2) is 0 Å². The molecule has 0 bridgehead atoms. The van der Waals surface area contributed by atoms with Gasteiger partial charge in [-0.05, 0) is 36.2 Å². The maximum absolute atomic E-state index is 9.53. The minimum atomic E-state index is 0.200. The second-order valence-corrected chi connectivity index (χ2v) is 7.02. The normalized spacial score (nSPS) is 18.7. The number of benzene rings is 1. The quantitative estimate of drug-likeness (QED) is 0.728. The Morgan fingerprint density at radius 2 is 1.96 bits per heavy atom. The van der Waals surface area contributed by atoms with Gasteiger partial charge < -0.3 is 19.0 Å². The summed E-state index contributed by atoms with van der Waals surface area (Å²) in [7, 11) is 3.36. The molecule has 2 aromatic rings. The van der Waals surface area contributed by atoms with Crippen LogP contribution in [0.3, 0.4) is 0 Å². The fourth-order valence-corrected chi connectivity index (χ4v) is 3.68. The molecule has 3 rings (SSSR count). The maximum atomic E-state index is 9.53. The van der Waals surface area contributed by atoms with Gasteiger partial charge >= 0.3 is 0 Å². The number of ether oxygens (including phenoxy) is 2. The molecule has 1 N–H and O–H groups in total. The molecule has 1 aromatic carbocycles. The summed E-state index contributed by atoms with van der Waals surface area (Å²) < 4.78 is 16.3. The Hall–Kier alpha value is -1.86. The van der Waals surface area contributed by atoms with E-state index < -0.39 is 0 Å². The van der Waals surface area contributed by atoms with Gasteiger partial charge in [-0.25, -0.2) is 0 Å². The van der Waals surface area contributed by atoms with Gasteiger partial charge in [0.1, 0.15) is 23.9 Å². The molecule has 148 valence electrons. The second-order valence-electron chi connectivity index (χ2n) is 7.02. The van der Waals surface area contributed by atoms with Gasteiger partial charge in [0.2, 0.25) is 0 Å². The Bertz CT molecular complexity index is 703. The van der Waals surface area contributed by atoms with Crippen molar-refractivity contribution < 1.29 is 19.0 Å². The van der Waals surface area contributed by atoms with Crippen molar-refractivity contribution in [1.82, 2.24) is 9.80 Å². The van der Waals surface area contributed by atoms with E-state index in [2.05, 4.69) is 21.9 Å². The van der Waals surface area contributed by atoms with Gasteiger partial charge in [-0.15, -0.1) is 0 Å². The van der Waals surface area contributed by atoms with Crippen molar-refractivity contribution in [3.8, 4) is 5.75 Å². The lowest BCUT2D eigenvalue weighted by Gasteiger charge is -2.41.